The lowest BCUT2D eigenvalue weighted by Gasteiger charge is -1.97. The molecule has 0 spiro atoms. The quantitative estimate of drug-likeness (QED) is 0.585. The topological polar surface area (TPSA) is 52.0 Å². The van der Waals surface area contributed by atoms with E-state index < -0.39 is 0 Å². The minimum Gasteiger partial charge on any atom is -0.441 e. The fourth-order valence-electron chi connectivity index (χ4n) is 2.16. The summed E-state index contributed by atoms with van der Waals surface area (Å²) < 4.78 is 5.68. The van der Waals surface area contributed by atoms with E-state index in [1.54, 1.807) is 0 Å². The molecule has 98 valence electrons. The predicted molar refractivity (Wildman–Crippen MR) is 75.5 cm³/mol. The molecule has 2 rings (SSSR count). The Morgan fingerprint density at radius 2 is 1.89 bits per heavy atom. The van der Waals surface area contributed by atoms with Gasteiger partial charge < -0.3 is 10.2 Å². The number of nitrogen functional groups attached to an aromatic ring is 1. The number of nitrogens with zero attached hydrogens (tertiary/aromatic N) is 1. The molecule has 2 aromatic rings. The van der Waals surface area contributed by atoms with Crippen molar-refractivity contribution in [3.8, 4) is 0 Å². The van der Waals surface area contributed by atoms with E-state index in [2.05, 4.69) is 11.9 Å². The summed E-state index contributed by atoms with van der Waals surface area (Å²) in [5, 5.41) is 0. The molecule has 0 unspecified atom stereocenters. The number of aryl methyl sites for hydroxylation is 1. The lowest BCUT2D eigenvalue weighted by Crippen LogP contribution is -1.86. The van der Waals surface area contributed by atoms with Gasteiger partial charge in [-0.25, -0.2) is 4.98 Å². The van der Waals surface area contributed by atoms with E-state index in [1.165, 1.54) is 32.1 Å². The van der Waals surface area contributed by atoms with Gasteiger partial charge in [0, 0.05) is 12.1 Å². The highest BCUT2D eigenvalue weighted by atomic mass is 16.3. The van der Waals surface area contributed by atoms with Gasteiger partial charge in [-0.2, -0.15) is 0 Å². The third kappa shape index (κ3) is 3.49. The van der Waals surface area contributed by atoms with E-state index in [0.29, 0.717) is 0 Å². The fraction of sp³-hybridized carbons (Fsp3) is 0.533. The first kappa shape index (κ1) is 12.9. The first-order valence-electron chi connectivity index (χ1n) is 6.94. The molecule has 1 aromatic heterocycles. The van der Waals surface area contributed by atoms with Gasteiger partial charge in [0.25, 0.3) is 0 Å². The molecule has 0 aliphatic rings. The molecule has 0 atom stereocenters. The van der Waals surface area contributed by atoms with Gasteiger partial charge in [0.05, 0.1) is 0 Å². The molecule has 0 saturated heterocycles. The molecule has 0 bridgehead atoms. The van der Waals surface area contributed by atoms with E-state index in [4.69, 9.17) is 10.2 Å². The van der Waals surface area contributed by atoms with E-state index in [-0.39, 0.29) is 0 Å². The molecule has 1 aromatic carbocycles. The van der Waals surface area contributed by atoms with Crippen LogP contribution in [0.1, 0.15) is 51.3 Å². The van der Waals surface area contributed by atoms with Gasteiger partial charge in [0.2, 0.25) is 0 Å². The van der Waals surface area contributed by atoms with Gasteiger partial charge >= 0.3 is 0 Å². The molecular formula is C15H22N2O. The van der Waals surface area contributed by atoms with Gasteiger partial charge in [-0.1, -0.05) is 39.0 Å². The zero-order valence-corrected chi connectivity index (χ0v) is 11.1. The Morgan fingerprint density at radius 3 is 2.72 bits per heavy atom. The van der Waals surface area contributed by atoms with Crippen molar-refractivity contribution >= 4 is 16.8 Å². The van der Waals surface area contributed by atoms with Crippen LogP contribution in [0.25, 0.3) is 11.1 Å². The summed E-state index contributed by atoms with van der Waals surface area (Å²) in [4.78, 5) is 4.46. The highest BCUT2D eigenvalue weighted by Gasteiger charge is 2.05. The minimum atomic E-state index is 0.738. The van der Waals surface area contributed by atoms with Crippen molar-refractivity contribution in [1.29, 1.82) is 0 Å². The number of aromatic nitrogens is 1. The Hall–Kier alpha value is -1.51. The Kier molecular flexibility index (Phi) is 4.62. The number of hydrogen-bond donors (Lipinski definition) is 1. The third-order valence-electron chi connectivity index (χ3n) is 3.20. The van der Waals surface area contributed by atoms with Crippen LogP contribution in [-0.4, -0.2) is 4.98 Å². The number of hydrogen-bond acceptors (Lipinski definition) is 3. The van der Waals surface area contributed by atoms with Crippen molar-refractivity contribution in [2.45, 2.75) is 51.9 Å². The standard InChI is InChI=1S/C15H22N2O/c1-2-3-4-5-6-7-8-15-17-13-11-12(16)9-10-14(13)18-15/h9-11H,2-8,16H2,1H3. The van der Waals surface area contributed by atoms with Crippen molar-refractivity contribution in [3.63, 3.8) is 0 Å². The maximum Gasteiger partial charge on any atom is 0.195 e. The Balaban J connectivity index is 1.81. The van der Waals surface area contributed by atoms with E-state index in [0.717, 1.165) is 35.5 Å². The van der Waals surface area contributed by atoms with Gasteiger partial charge in [0.15, 0.2) is 11.5 Å². The van der Waals surface area contributed by atoms with Crippen LogP contribution >= 0.6 is 0 Å². The highest BCUT2D eigenvalue weighted by molar-refractivity contribution is 5.76. The van der Waals surface area contributed by atoms with Crippen LogP contribution in [0.2, 0.25) is 0 Å². The van der Waals surface area contributed by atoms with Crippen molar-refractivity contribution in [2.75, 3.05) is 5.73 Å². The molecule has 0 radical (unpaired) electrons. The zero-order valence-electron chi connectivity index (χ0n) is 11.1. The second-order valence-electron chi connectivity index (χ2n) is 4.85. The SMILES string of the molecule is CCCCCCCCc1nc2cc(N)ccc2o1. The molecule has 0 saturated carbocycles. The molecule has 0 aliphatic carbocycles. The molecule has 3 nitrogen and oxygen atoms in total. The van der Waals surface area contributed by atoms with Crippen molar-refractivity contribution < 1.29 is 4.42 Å². The normalized spacial score (nSPS) is 11.2. The zero-order chi connectivity index (χ0) is 12.8. The van der Waals surface area contributed by atoms with Crippen LogP contribution in [0, 0.1) is 0 Å². The second-order valence-corrected chi connectivity index (χ2v) is 4.85. The van der Waals surface area contributed by atoms with Gasteiger partial charge in [-0.05, 0) is 24.6 Å². The summed E-state index contributed by atoms with van der Waals surface area (Å²) >= 11 is 0. The van der Waals surface area contributed by atoms with Crippen molar-refractivity contribution in [3.05, 3.63) is 24.1 Å². The number of rotatable bonds is 7. The number of unbranched alkanes of at least 4 members (excludes halogenated alkanes) is 5. The molecular weight excluding hydrogens is 224 g/mol. The van der Waals surface area contributed by atoms with Crippen molar-refractivity contribution in [2.24, 2.45) is 0 Å². The van der Waals surface area contributed by atoms with Crippen molar-refractivity contribution in [1.82, 2.24) is 4.98 Å². The number of oxazole rings is 1. The van der Waals surface area contributed by atoms with E-state index >= 15 is 0 Å². The minimum absolute atomic E-state index is 0.738. The van der Waals surface area contributed by atoms with Gasteiger partial charge in [-0.15, -0.1) is 0 Å². The highest BCUT2D eigenvalue weighted by Crippen LogP contribution is 2.19. The average molecular weight is 246 g/mol. The predicted octanol–water partition coefficient (Wildman–Crippen LogP) is 4.31. The number of fused-ring (bicyclic) bond motifs is 1. The maximum absolute atomic E-state index is 5.72. The smallest absolute Gasteiger partial charge is 0.195 e. The summed E-state index contributed by atoms with van der Waals surface area (Å²) in [5.41, 5.74) is 8.17. The summed E-state index contributed by atoms with van der Waals surface area (Å²) in [6.45, 7) is 2.24. The second kappa shape index (κ2) is 6.43. The molecule has 0 fully saturated rings. The monoisotopic (exact) mass is 246 g/mol. The van der Waals surface area contributed by atoms with Crippen LogP contribution in [0.5, 0.6) is 0 Å². The molecule has 0 aliphatic heterocycles. The summed E-state index contributed by atoms with van der Waals surface area (Å²) in [5.74, 6) is 0.839. The van der Waals surface area contributed by atoms with Crippen LogP contribution in [-0.2, 0) is 6.42 Å². The molecule has 3 heteroatoms. The maximum atomic E-state index is 5.72. The lowest BCUT2D eigenvalue weighted by atomic mass is 10.1. The van der Waals surface area contributed by atoms with Crippen LogP contribution < -0.4 is 5.73 Å². The number of anilines is 1. The van der Waals surface area contributed by atoms with Crippen LogP contribution in [0.3, 0.4) is 0 Å². The molecule has 2 N–H and O–H groups in total. The largest absolute Gasteiger partial charge is 0.441 e. The number of nitrogens with two attached hydrogens (primary N) is 1. The number of benzene rings is 1. The summed E-state index contributed by atoms with van der Waals surface area (Å²) in [6.07, 6.45) is 8.67. The lowest BCUT2D eigenvalue weighted by molar-refractivity contribution is 0.505. The first-order chi connectivity index (χ1) is 8.79. The average Bonchev–Trinajstić information content (AvgIpc) is 2.75. The Morgan fingerprint density at radius 1 is 1.11 bits per heavy atom. The van der Waals surface area contributed by atoms with E-state index in [9.17, 15) is 0 Å². The van der Waals surface area contributed by atoms with Gasteiger partial charge in [-0.3, -0.25) is 0 Å². The molecule has 18 heavy (non-hydrogen) atoms. The van der Waals surface area contributed by atoms with Crippen LogP contribution in [0.15, 0.2) is 22.6 Å². The van der Waals surface area contributed by atoms with Crippen LogP contribution in [0.4, 0.5) is 5.69 Å². The van der Waals surface area contributed by atoms with Gasteiger partial charge in [0.1, 0.15) is 5.52 Å². The first-order valence-corrected chi connectivity index (χ1v) is 6.94. The molecule has 0 amide bonds. The fourth-order valence-corrected chi connectivity index (χ4v) is 2.16. The third-order valence-corrected chi connectivity index (χ3v) is 3.20. The summed E-state index contributed by atoms with van der Waals surface area (Å²) in [7, 11) is 0. The molecule has 1 heterocycles. The Labute approximate surface area is 108 Å². The summed E-state index contributed by atoms with van der Waals surface area (Å²) in [6, 6.07) is 5.61. The van der Waals surface area contributed by atoms with E-state index in [1.807, 2.05) is 18.2 Å². The Bertz CT molecular complexity index is 490.